The highest BCUT2D eigenvalue weighted by atomic mass is 35.5. The quantitative estimate of drug-likeness (QED) is 0.432. The maximum absolute atomic E-state index is 11.6. The maximum atomic E-state index is 11.6. The van der Waals surface area contributed by atoms with Crippen molar-refractivity contribution >= 4 is 17.4 Å². The molecule has 0 atom stereocenters. The van der Waals surface area contributed by atoms with Crippen LogP contribution in [0.1, 0.15) is 29.6 Å². The van der Waals surface area contributed by atoms with Gasteiger partial charge in [-0.25, -0.2) is 0 Å². The highest BCUT2D eigenvalue weighted by Crippen LogP contribution is 2.16. The Labute approximate surface area is 88.3 Å². The van der Waals surface area contributed by atoms with Crippen LogP contribution < -0.4 is 0 Å². The van der Waals surface area contributed by atoms with Crippen LogP contribution in [0.4, 0.5) is 0 Å². The lowest BCUT2D eigenvalue weighted by Crippen LogP contribution is -1.99. The van der Waals surface area contributed by atoms with E-state index < -0.39 is 0 Å². The molecular formula is C11H10ClNO. The number of rotatable bonds is 4. The number of nitrogens with zero attached hydrogens (tertiary/aromatic N) is 1. The molecule has 0 N–H and O–H groups in total. The minimum absolute atomic E-state index is 0.0210. The molecule has 0 bridgehead atoms. The van der Waals surface area contributed by atoms with Crippen molar-refractivity contribution in [2.24, 2.45) is 0 Å². The van der Waals surface area contributed by atoms with E-state index in [0.29, 0.717) is 29.8 Å². The Morgan fingerprint density at radius 3 is 3.07 bits per heavy atom. The van der Waals surface area contributed by atoms with Crippen molar-refractivity contribution in [2.75, 3.05) is 0 Å². The molecule has 0 aliphatic rings. The van der Waals surface area contributed by atoms with Crippen LogP contribution in [0.25, 0.3) is 0 Å². The van der Waals surface area contributed by atoms with Crippen molar-refractivity contribution in [2.45, 2.75) is 19.3 Å². The van der Waals surface area contributed by atoms with E-state index in [-0.39, 0.29) is 5.78 Å². The molecule has 14 heavy (non-hydrogen) atoms. The lowest BCUT2D eigenvalue weighted by Gasteiger charge is -2.00. The smallest absolute Gasteiger partial charge is 0.164 e. The van der Waals surface area contributed by atoms with E-state index in [1.807, 2.05) is 0 Å². The Bertz CT molecular complexity index is 368. The van der Waals surface area contributed by atoms with Crippen LogP contribution in [0.3, 0.4) is 0 Å². The van der Waals surface area contributed by atoms with E-state index in [0.717, 1.165) is 0 Å². The zero-order chi connectivity index (χ0) is 10.4. The summed E-state index contributed by atoms with van der Waals surface area (Å²) in [6.07, 6.45) is 9.87. The van der Waals surface area contributed by atoms with Crippen LogP contribution in [-0.4, -0.2) is 10.8 Å². The van der Waals surface area contributed by atoms with E-state index in [4.69, 9.17) is 18.0 Å². The van der Waals surface area contributed by atoms with E-state index in [9.17, 15) is 4.79 Å². The van der Waals surface area contributed by atoms with Crippen LogP contribution in [-0.2, 0) is 0 Å². The van der Waals surface area contributed by atoms with Gasteiger partial charge in [0.15, 0.2) is 5.78 Å². The first kappa shape index (κ1) is 10.7. The monoisotopic (exact) mass is 207 g/mol. The first-order valence-electron chi connectivity index (χ1n) is 4.32. The highest BCUT2D eigenvalue weighted by Gasteiger charge is 2.08. The number of ketones is 1. The molecule has 1 rings (SSSR count). The van der Waals surface area contributed by atoms with Crippen molar-refractivity contribution in [3.63, 3.8) is 0 Å². The van der Waals surface area contributed by atoms with Crippen LogP contribution in [0.15, 0.2) is 18.5 Å². The SMILES string of the molecule is C#CCCCC(=O)c1ccncc1Cl. The highest BCUT2D eigenvalue weighted by molar-refractivity contribution is 6.33. The molecule has 0 saturated heterocycles. The number of pyridine rings is 1. The summed E-state index contributed by atoms with van der Waals surface area (Å²) in [5.41, 5.74) is 0.527. The second-order valence-electron chi connectivity index (χ2n) is 2.84. The van der Waals surface area contributed by atoms with Gasteiger partial charge in [-0.2, -0.15) is 0 Å². The first-order valence-corrected chi connectivity index (χ1v) is 4.69. The summed E-state index contributed by atoms with van der Waals surface area (Å²) in [7, 11) is 0. The average Bonchev–Trinajstić information content (AvgIpc) is 2.18. The Hall–Kier alpha value is -1.33. The van der Waals surface area contributed by atoms with Gasteiger partial charge in [0.2, 0.25) is 0 Å². The number of hydrogen-bond acceptors (Lipinski definition) is 2. The van der Waals surface area contributed by atoms with Gasteiger partial charge in [-0.05, 0) is 12.5 Å². The minimum atomic E-state index is 0.0210. The molecule has 2 nitrogen and oxygen atoms in total. The number of halogens is 1. The van der Waals surface area contributed by atoms with Gasteiger partial charge >= 0.3 is 0 Å². The van der Waals surface area contributed by atoms with Crippen LogP contribution in [0, 0.1) is 12.3 Å². The Morgan fingerprint density at radius 1 is 1.64 bits per heavy atom. The van der Waals surface area contributed by atoms with E-state index >= 15 is 0 Å². The molecule has 0 amide bonds. The molecule has 0 fully saturated rings. The van der Waals surface area contributed by atoms with Crippen molar-refractivity contribution in [3.8, 4) is 12.3 Å². The number of Topliss-reactive ketones (excluding diaryl/α,β-unsaturated/α-hetero) is 1. The third kappa shape index (κ3) is 2.86. The summed E-state index contributed by atoms with van der Waals surface area (Å²) in [5.74, 6) is 2.51. The van der Waals surface area contributed by atoms with E-state index in [1.54, 1.807) is 12.3 Å². The molecule has 0 spiro atoms. The predicted molar refractivity (Wildman–Crippen MR) is 56.3 cm³/mol. The normalized spacial score (nSPS) is 9.43. The van der Waals surface area contributed by atoms with Crippen molar-refractivity contribution in [3.05, 3.63) is 29.0 Å². The number of carbonyl (C=O) groups is 1. The van der Waals surface area contributed by atoms with Gasteiger partial charge in [0.1, 0.15) is 0 Å². The molecular weight excluding hydrogens is 198 g/mol. The molecule has 3 heteroatoms. The summed E-state index contributed by atoms with van der Waals surface area (Å²) < 4.78 is 0. The molecule has 1 aromatic heterocycles. The zero-order valence-electron chi connectivity index (χ0n) is 7.66. The third-order valence-electron chi connectivity index (χ3n) is 1.80. The van der Waals surface area contributed by atoms with Gasteiger partial charge in [0.05, 0.1) is 5.02 Å². The predicted octanol–water partition coefficient (Wildman–Crippen LogP) is 2.72. The van der Waals surface area contributed by atoms with Gasteiger partial charge < -0.3 is 0 Å². The van der Waals surface area contributed by atoms with Crippen LogP contribution >= 0.6 is 11.6 Å². The van der Waals surface area contributed by atoms with Crippen LogP contribution in [0.5, 0.6) is 0 Å². The molecule has 1 heterocycles. The summed E-state index contributed by atoms with van der Waals surface area (Å²) in [5, 5.41) is 0.401. The van der Waals surface area contributed by atoms with Gasteiger partial charge in [-0.15, -0.1) is 12.3 Å². The molecule has 0 aliphatic carbocycles. The lowest BCUT2D eigenvalue weighted by molar-refractivity contribution is 0.0980. The van der Waals surface area contributed by atoms with Crippen molar-refractivity contribution in [1.29, 1.82) is 0 Å². The Morgan fingerprint density at radius 2 is 2.43 bits per heavy atom. The number of terminal acetylenes is 1. The standard InChI is InChI=1S/C11H10ClNO/c1-2-3-4-5-11(14)9-6-7-13-8-10(9)12/h1,6-8H,3-5H2. The fourth-order valence-electron chi connectivity index (χ4n) is 1.09. The fraction of sp³-hybridized carbons (Fsp3) is 0.273. The molecule has 0 aliphatic heterocycles. The summed E-state index contributed by atoms with van der Waals surface area (Å²) >= 11 is 5.81. The largest absolute Gasteiger partial charge is 0.294 e. The molecule has 0 saturated carbocycles. The summed E-state index contributed by atoms with van der Waals surface area (Å²) in [4.78, 5) is 15.4. The van der Waals surface area contributed by atoms with E-state index in [2.05, 4.69) is 10.9 Å². The second kappa shape index (κ2) is 5.41. The molecule has 0 radical (unpaired) electrons. The molecule has 0 aromatic carbocycles. The second-order valence-corrected chi connectivity index (χ2v) is 3.24. The minimum Gasteiger partial charge on any atom is -0.294 e. The number of carbonyl (C=O) groups excluding carboxylic acids is 1. The first-order chi connectivity index (χ1) is 6.75. The molecule has 72 valence electrons. The number of aromatic nitrogens is 1. The number of unbranched alkanes of at least 4 members (excludes halogenated alkanes) is 1. The molecule has 1 aromatic rings. The topological polar surface area (TPSA) is 30.0 Å². The van der Waals surface area contributed by atoms with Gasteiger partial charge in [0.25, 0.3) is 0 Å². The molecule has 0 unspecified atom stereocenters. The maximum Gasteiger partial charge on any atom is 0.164 e. The zero-order valence-corrected chi connectivity index (χ0v) is 8.42. The summed E-state index contributed by atoms with van der Waals surface area (Å²) in [6, 6.07) is 1.63. The Balaban J connectivity index is 2.62. The van der Waals surface area contributed by atoms with Gasteiger partial charge in [-0.3, -0.25) is 9.78 Å². The average molecular weight is 208 g/mol. The van der Waals surface area contributed by atoms with Gasteiger partial charge in [-0.1, -0.05) is 11.6 Å². The van der Waals surface area contributed by atoms with Crippen molar-refractivity contribution < 1.29 is 4.79 Å². The third-order valence-corrected chi connectivity index (χ3v) is 2.10. The lowest BCUT2D eigenvalue weighted by atomic mass is 10.1. The van der Waals surface area contributed by atoms with Gasteiger partial charge in [0, 0.05) is 30.8 Å². The van der Waals surface area contributed by atoms with Crippen molar-refractivity contribution in [1.82, 2.24) is 4.98 Å². The summed E-state index contributed by atoms with van der Waals surface area (Å²) in [6.45, 7) is 0. The van der Waals surface area contributed by atoms with Crippen LogP contribution in [0.2, 0.25) is 5.02 Å². The Kier molecular flexibility index (Phi) is 4.15. The van der Waals surface area contributed by atoms with E-state index in [1.165, 1.54) is 6.20 Å². The number of hydrogen-bond donors (Lipinski definition) is 0. The fourth-order valence-corrected chi connectivity index (χ4v) is 1.31.